The molecule has 0 fully saturated rings. The van der Waals surface area contributed by atoms with Crippen molar-refractivity contribution in [1.82, 2.24) is 4.98 Å². The second-order valence-electron chi connectivity index (χ2n) is 5.45. The third-order valence-corrected chi connectivity index (χ3v) is 5.60. The molecule has 26 heavy (non-hydrogen) atoms. The van der Waals surface area contributed by atoms with Crippen LogP contribution in [0.4, 0.5) is 5.69 Å². The number of thiazole rings is 1. The standard InChI is InChI=1S/C19H16Br2N2O2S/c1-2-25-15-6-3-12(4-7-15)19-22-14(11-26-19)10-18(24)23-17-8-5-13(20)9-16(17)21/h3-9,11H,2,10H2,1H3,(H,23,24). The van der Waals surface area contributed by atoms with Crippen molar-refractivity contribution in [1.29, 1.82) is 0 Å². The van der Waals surface area contributed by atoms with Gasteiger partial charge >= 0.3 is 0 Å². The molecule has 0 unspecified atom stereocenters. The summed E-state index contributed by atoms with van der Waals surface area (Å²) in [5, 5.41) is 5.71. The molecule has 0 aliphatic carbocycles. The molecule has 2 aromatic carbocycles. The fourth-order valence-electron chi connectivity index (χ4n) is 2.33. The van der Waals surface area contributed by atoms with E-state index in [2.05, 4.69) is 42.2 Å². The maximum Gasteiger partial charge on any atom is 0.230 e. The summed E-state index contributed by atoms with van der Waals surface area (Å²) in [5.74, 6) is 0.740. The molecule has 4 nitrogen and oxygen atoms in total. The van der Waals surface area contributed by atoms with E-state index in [4.69, 9.17) is 4.74 Å². The van der Waals surface area contributed by atoms with Crippen LogP contribution >= 0.6 is 43.2 Å². The molecule has 7 heteroatoms. The first-order valence-electron chi connectivity index (χ1n) is 7.97. The molecule has 0 atom stereocenters. The van der Waals surface area contributed by atoms with Crippen molar-refractivity contribution >= 4 is 54.8 Å². The van der Waals surface area contributed by atoms with Gasteiger partial charge in [-0.25, -0.2) is 4.98 Å². The van der Waals surface area contributed by atoms with E-state index in [0.717, 1.165) is 36.6 Å². The van der Waals surface area contributed by atoms with E-state index in [0.29, 0.717) is 6.61 Å². The van der Waals surface area contributed by atoms with Gasteiger partial charge in [0.2, 0.25) is 5.91 Å². The van der Waals surface area contributed by atoms with Crippen molar-refractivity contribution in [2.45, 2.75) is 13.3 Å². The van der Waals surface area contributed by atoms with Crippen LogP contribution in [0, 0.1) is 0 Å². The predicted octanol–water partition coefficient (Wildman–Crippen LogP) is 5.92. The van der Waals surface area contributed by atoms with Gasteiger partial charge in [0.05, 0.1) is 24.4 Å². The number of hydrogen-bond acceptors (Lipinski definition) is 4. The van der Waals surface area contributed by atoms with Crippen molar-refractivity contribution in [2.75, 3.05) is 11.9 Å². The lowest BCUT2D eigenvalue weighted by Crippen LogP contribution is -2.14. The van der Waals surface area contributed by atoms with Gasteiger partial charge in [-0.05, 0) is 65.3 Å². The van der Waals surface area contributed by atoms with E-state index in [1.165, 1.54) is 11.3 Å². The van der Waals surface area contributed by atoms with Gasteiger partial charge in [0.1, 0.15) is 10.8 Å². The summed E-state index contributed by atoms with van der Waals surface area (Å²) in [6.45, 7) is 2.60. The van der Waals surface area contributed by atoms with Gasteiger partial charge in [-0.1, -0.05) is 15.9 Å². The van der Waals surface area contributed by atoms with Crippen LogP contribution < -0.4 is 10.1 Å². The molecule has 0 aliphatic rings. The Morgan fingerprint density at radius 3 is 2.65 bits per heavy atom. The molecule has 3 aromatic rings. The summed E-state index contributed by atoms with van der Waals surface area (Å²) in [4.78, 5) is 16.9. The van der Waals surface area contributed by atoms with Crippen molar-refractivity contribution in [3.8, 4) is 16.3 Å². The van der Waals surface area contributed by atoms with Crippen LogP contribution in [-0.4, -0.2) is 17.5 Å². The number of anilines is 1. The molecular weight excluding hydrogens is 480 g/mol. The second kappa shape index (κ2) is 8.79. The fourth-order valence-corrected chi connectivity index (χ4v) is 4.30. The summed E-state index contributed by atoms with van der Waals surface area (Å²) in [6.07, 6.45) is 0.232. The van der Waals surface area contributed by atoms with E-state index >= 15 is 0 Å². The molecule has 0 spiro atoms. The maximum absolute atomic E-state index is 12.3. The molecule has 1 N–H and O–H groups in total. The van der Waals surface area contributed by atoms with Crippen LogP contribution in [0.5, 0.6) is 5.75 Å². The van der Waals surface area contributed by atoms with Crippen LogP contribution in [0.15, 0.2) is 56.8 Å². The smallest absolute Gasteiger partial charge is 0.230 e. The number of nitrogens with one attached hydrogen (secondary N) is 1. The maximum atomic E-state index is 12.3. The van der Waals surface area contributed by atoms with Gasteiger partial charge in [-0.3, -0.25) is 4.79 Å². The van der Waals surface area contributed by atoms with Crippen molar-refractivity contribution < 1.29 is 9.53 Å². The first kappa shape index (κ1) is 19.1. The molecule has 0 saturated heterocycles. The van der Waals surface area contributed by atoms with Crippen molar-refractivity contribution in [3.63, 3.8) is 0 Å². The van der Waals surface area contributed by atoms with Crippen LogP contribution in [0.2, 0.25) is 0 Å². The zero-order valence-corrected chi connectivity index (χ0v) is 17.9. The molecule has 1 heterocycles. The van der Waals surface area contributed by atoms with Gasteiger partial charge in [0.25, 0.3) is 0 Å². The Kier molecular flexibility index (Phi) is 6.45. The number of aromatic nitrogens is 1. The van der Waals surface area contributed by atoms with Gasteiger partial charge in [0.15, 0.2) is 0 Å². The minimum absolute atomic E-state index is 0.100. The lowest BCUT2D eigenvalue weighted by Gasteiger charge is -2.07. The van der Waals surface area contributed by atoms with Crippen LogP contribution in [0.3, 0.4) is 0 Å². The Hall–Kier alpha value is -1.70. The predicted molar refractivity (Wildman–Crippen MR) is 113 cm³/mol. The van der Waals surface area contributed by atoms with E-state index in [9.17, 15) is 4.79 Å². The zero-order chi connectivity index (χ0) is 18.5. The molecule has 0 saturated carbocycles. The first-order valence-corrected chi connectivity index (χ1v) is 10.4. The van der Waals surface area contributed by atoms with Gasteiger partial charge in [-0.2, -0.15) is 0 Å². The topological polar surface area (TPSA) is 51.2 Å². The van der Waals surface area contributed by atoms with Crippen LogP contribution in [0.1, 0.15) is 12.6 Å². The summed E-state index contributed by atoms with van der Waals surface area (Å²) < 4.78 is 7.22. The lowest BCUT2D eigenvalue weighted by atomic mass is 10.2. The Bertz CT molecular complexity index is 910. The monoisotopic (exact) mass is 494 g/mol. The number of benzene rings is 2. The third kappa shape index (κ3) is 4.93. The van der Waals surface area contributed by atoms with E-state index in [-0.39, 0.29) is 12.3 Å². The Morgan fingerprint density at radius 2 is 1.96 bits per heavy atom. The molecule has 0 bridgehead atoms. The summed E-state index contributed by atoms with van der Waals surface area (Å²) in [5.41, 5.74) is 2.51. The highest BCUT2D eigenvalue weighted by molar-refractivity contribution is 9.11. The number of rotatable bonds is 6. The average Bonchev–Trinajstić information content (AvgIpc) is 3.07. The minimum Gasteiger partial charge on any atom is -0.494 e. The van der Waals surface area contributed by atoms with E-state index < -0.39 is 0 Å². The molecule has 134 valence electrons. The average molecular weight is 496 g/mol. The summed E-state index contributed by atoms with van der Waals surface area (Å²) >= 11 is 8.37. The van der Waals surface area contributed by atoms with Crippen LogP contribution in [-0.2, 0) is 11.2 Å². The third-order valence-electron chi connectivity index (χ3n) is 3.51. The minimum atomic E-state index is -0.100. The molecule has 0 aliphatic heterocycles. The Labute approximate surface area is 172 Å². The van der Waals surface area contributed by atoms with Gasteiger partial charge in [0, 0.05) is 19.9 Å². The lowest BCUT2D eigenvalue weighted by molar-refractivity contribution is -0.115. The highest BCUT2D eigenvalue weighted by atomic mass is 79.9. The van der Waals surface area contributed by atoms with E-state index in [1.807, 2.05) is 54.8 Å². The SMILES string of the molecule is CCOc1ccc(-c2nc(CC(=O)Nc3ccc(Br)cc3Br)cs2)cc1. The summed E-state index contributed by atoms with van der Waals surface area (Å²) in [7, 11) is 0. The molecule has 1 aromatic heterocycles. The normalized spacial score (nSPS) is 10.6. The molecule has 0 radical (unpaired) electrons. The molecule has 3 rings (SSSR count). The van der Waals surface area contributed by atoms with Crippen molar-refractivity contribution in [2.24, 2.45) is 0 Å². The Balaban J connectivity index is 1.65. The van der Waals surface area contributed by atoms with E-state index in [1.54, 1.807) is 0 Å². The van der Waals surface area contributed by atoms with Gasteiger partial charge < -0.3 is 10.1 Å². The number of amides is 1. The number of carbonyl (C=O) groups excluding carboxylic acids is 1. The number of carbonyl (C=O) groups is 1. The van der Waals surface area contributed by atoms with Gasteiger partial charge in [-0.15, -0.1) is 11.3 Å². The zero-order valence-electron chi connectivity index (χ0n) is 14.0. The Morgan fingerprint density at radius 1 is 1.19 bits per heavy atom. The van der Waals surface area contributed by atoms with Crippen molar-refractivity contribution in [3.05, 3.63) is 62.5 Å². The highest BCUT2D eigenvalue weighted by Gasteiger charge is 2.11. The molecule has 1 amide bonds. The second-order valence-corrected chi connectivity index (χ2v) is 8.08. The largest absolute Gasteiger partial charge is 0.494 e. The highest BCUT2D eigenvalue weighted by Crippen LogP contribution is 2.28. The van der Waals surface area contributed by atoms with Crippen LogP contribution in [0.25, 0.3) is 10.6 Å². The number of nitrogens with zero attached hydrogens (tertiary/aromatic N) is 1. The quantitative estimate of drug-likeness (QED) is 0.462. The fraction of sp³-hybridized carbons (Fsp3) is 0.158. The number of ether oxygens (including phenoxy) is 1. The number of halogens is 2. The molecular formula is C19H16Br2N2O2S. The summed E-state index contributed by atoms with van der Waals surface area (Å²) in [6, 6.07) is 13.4. The first-order chi connectivity index (χ1) is 12.5. The number of hydrogen-bond donors (Lipinski definition) is 1.